The third kappa shape index (κ3) is 2.53. The van der Waals surface area contributed by atoms with Crippen LogP contribution in [0.5, 0.6) is 0 Å². The van der Waals surface area contributed by atoms with Crippen molar-refractivity contribution in [2.75, 3.05) is 6.54 Å². The lowest BCUT2D eigenvalue weighted by molar-refractivity contribution is -0.145. The van der Waals surface area contributed by atoms with E-state index in [0.717, 1.165) is 30.4 Å². The normalized spacial score (nSPS) is 33.6. The molecule has 0 aromatic carbocycles. The quantitative estimate of drug-likeness (QED) is 0.925. The highest BCUT2D eigenvalue weighted by Gasteiger charge is 2.41. The van der Waals surface area contributed by atoms with Gasteiger partial charge in [-0.2, -0.15) is 0 Å². The van der Waals surface area contributed by atoms with Crippen LogP contribution in [0.2, 0.25) is 0 Å². The minimum Gasteiger partial charge on any atom is -0.480 e. The summed E-state index contributed by atoms with van der Waals surface area (Å²) in [5, 5.41) is 11.8. The summed E-state index contributed by atoms with van der Waals surface area (Å²) < 4.78 is 0. The van der Waals surface area contributed by atoms with Gasteiger partial charge >= 0.3 is 5.97 Å². The van der Waals surface area contributed by atoms with E-state index >= 15 is 0 Å². The Hall–Kier alpha value is -0.870. The van der Waals surface area contributed by atoms with Gasteiger partial charge < -0.3 is 5.11 Å². The second-order valence-electron chi connectivity index (χ2n) is 6.95. The molecule has 4 heteroatoms. The van der Waals surface area contributed by atoms with Gasteiger partial charge in [0.1, 0.15) is 6.04 Å². The van der Waals surface area contributed by atoms with Crippen LogP contribution in [-0.4, -0.2) is 28.6 Å². The number of carbonyl (C=O) groups is 1. The van der Waals surface area contributed by atoms with Crippen molar-refractivity contribution >= 4 is 17.3 Å². The molecule has 0 amide bonds. The molecule has 3 aliphatic rings. The fourth-order valence-electron chi connectivity index (χ4n) is 4.50. The summed E-state index contributed by atoms with van der Waals surface area (Å²) in [6.07, 6.45) is 8.92. The lowest BCUT2D eigenvalue weighted by Crippen LogP contribution is -2.47. The highest BCUT2D eigenvalue weighted by atomic mass is 32.1. The van der Waals surface area contributed by atoms with E-state index in [0.29, 0.717) is 6.04 Å². The molecule has 0 bridgehead atoms. The average molecular weight is 305 g/mol. The molecule has 2 aliphatic carbocycles. The number of fused-ring (bicyclic) bond motifs is 1. The fourth-order valence-corrected chi connectivity index (χ4v) is 5.41. The van der Waals surface area contributed by atoms with Gasteiger partial charge in [-0.15, -0.1) is 11.3 Å². The van der Waals surface area contributed by atoms with E-state index in [1.807, 2.05) is 6.07 Å². The Balaban J connectivity index is 1.57. The zero-order valence-electron chi connectivity index (χ0n) is 12.3. The number of hydrogen-bond donors (Lipinski definition) is 1. The maximum Gasteiger partial charge on any atom is 0.325 e. The van der Waals surface area contributed by atoms with Crippen LogP contribution in [0, 0.1) is 11.8 Å². The first-order valence-electron chi connectivity index (χ1n) is 8.29. The Morgan fingerprint density at radius 3 is 2.86 bits per heavy atom. The van der Waals surface area contributed by atoms with Crippen molar-refractivity contribution in [3.05, 3.63) is 21.9 Å². The minimum atomic E-state index is -0.664. The Kier molecular flexibility index (Phi) is 3.54. The van der Waals surface area contributed by atoms with Crippen molar-refractivity contribution in [1.82, 2.24) is 4.90 Å². The van der Waals surface area contributed by atoms with Crippen molar-refractivity contribution in [1.29, 1.82) is 0 Å². The lowest BCUT2D eigenvalue weighted by atomic mass is 9.80. The smallest absolute Gasteiger partial charge is 0.325 e. The number of aliphatic carboxylic acids is 1. The molecule has 2 saturated carbocycles. The van der Waals surface area contributed by atoms with Gasteiger partial charge in [-0.05, 0) is 60.9 Å². The first-order valence-corrected chi connectivity index (χ1v) is 9.17. The average Bonchev–Trinajstić information content (AvgIpc) is 3.24. The molecule has 1 aromatic heterocycles. The Morgan fingerprint density at radius 2 is 2.10 bits per heavy atom. The van der Waals surface area contributed by atoms with Crippen molar-refractivity contribution in [2.45, 2.75) is 57.0 Å². The topological polar surface area (TPSA) is 40.5 Å². The van der Waals surface area contributed by atoms with Crippen LogP contribution < -0.4 is 0 Å². The summed E-state index contributed by atoms with van der Waals surface area (Å²) in [6, 6.07) is 2.12. The van der Waals surface area contributed by atoms with Gasteiger partial charge in [0.25, 0.3) is 0 Å². The molecular formula is C17H23NO2S. The van der Waals surface area contributed by atoms with Crippen LogP contribution in [0.15, 0.2) is 11.4 Å². The maximum absolute atomic E-state index is 11.9. The zero-order valence-corrected chi connectivity index (χ0v) is 13.1. The van der Waals surface area contributed by atoms with Crippen LogP contribution >= 0.6 is 11.3 Å². The number of thiophene rings is 1. The van der Waals surface area contributed by atoms with Gasteiger partial charge in [-0.25, -0.2) is 0 Å². The number of carboxylic acids is 1. The third-order valence-corrected chi connectivity index (χ3v) is 6.68. The molecule has 3 nitrogen and oxygen atoms in total. The molecule has 114 valence electrons. The molecule has 21 heavy (non-hydrogen) atoms. The van der Waals surface area contributed by atoms with Crippen LogP contribution in [-0.2, 0) is 11.2 Å². The highest BCUT2D eigenvalue weighted by molar-refractivity contribution is 7.10. The Morgan fingerprint density at radius 1 is 1.24 bits per heavy atom. The standard InChI is InChI=1S/C17H23NO2S/c19-17(20)16-14-7-9-21-15(14)6-8-18(16)13-3-1-2-12(10-13)11-4-5-11/h7,9,11-13,16H,1-6,8,10H2,(H,19,20). The summed E-state index contributed by atoms with van der Waals surface area (Å²) in [5.74, 6) is 1.16. The molecule has 2 fully saturated rings. The predicted octanol–water partition coefficient (Wildman–Crippen LogP) is 3.70. The molecule has 1 aromatic rings. The van der Waals surface area contributed by atoms with Crippen molar-refractivity contribution in [3.8, 4) is 0 Å². The monoisotopic (exact) mass is 305 g/mol. The summed E-state index contributed by atoms with van der Waals surface area (Å²) in [6.45, 7) is 0.923. The van der Waals surface area contributed by atoms with Gasteiger partial charge in [-0.1, -0.05) is 12.8 Å². The van der Waals surface area contributed by atoms with Gasteiger partial charge in [-0.3, -0.25) is 9.69 Å². The van der Waals surface area contributed by atoms with E-state index < -0.39 is 12.0 Å². The van der Waals surface area contributed by atoms with E-state index in [1.165, 1.54) is 43.4 Å². The number of nitrogens with zero attached hydrogens (tertiary/aromatic N) is 1. The minimum absolute atomic E-state index is 0.400. The molecule has 2 heterocycles. The Labute approximate surface area is 130 Å². The lowest BCUT2D eigenvalue weighted by Gasteiger charge is -2.42. The number of carboxylic acid groups (broad SMARTS) is 1. The predicted molar refractivity (Wildman–Crippen MR) is 83.6 cm³/mol. The Bertz CT molecular complexity index is 537. The molecule has 0 spiro atoms. The van der Waals surface area contributed by atoms with Crippen molar-refractivity contribution < 1.29 is 9.90 Å². The van der Waals surface area contributed by atoms with Gasteiger partial charge in [0.05, 0.1) is 0 Å². The molecule has 1 N–H and O–H groups in total. The summed E-state index contributed by atoms with van der Waals surface area (Å²) in [5.41, 5.74) is 1.06. The van der Waals surface area contributed by atoms with Crippen molar-refractivity contribution in [3.63, 3.8) is 0 Å². The van der Waals surface area contributed by atoms with Crippen LogP contribution in [0.4, 0.5) is 0 Å². The summed E-state index contributed by atoms with van der Waals surface area (Å²) in [4.78, 5) is 15.5. The van der Waals surface area contributed by atoms with E-state index in [2.05, 4.69) is 10.3 Å². The molecule has 1 aliphatic heterocycles. The van der Waals surface area contributed by atoms with Crippen LogP contribution in [0.3, 0.4) is 0 Å². The van der Waals surface area contributed by atoms with Crippen LogP contribution in [0.25, 0.3) is 0 Å². The number of hydrogen-bond acceptors (Lipinski definition) is 3. The fraction of sp³-hybridized carbons (Fsp3) is 0.706. The van der Waals surface area contributed by atoms with E-state index in [9.17, 15) is 9.90 Å². The maximum atomic E-state index is 11.9. The van der Waals surface area contributed by atoms with Crippen LogP contribution in [0.1, 0.15) is 55.0 Å². The highest BCUT2D eigenvalue weighted by Crippen LogP contribution is 2.46. The third-order valence-electron chi connectivity index (χ3n) is 5.68. The molecule has 3 atom stereocenters. The van der Waals surface area contributed by atoms with Gasteiger partial charge in [0.15, 0.2) is 0 Å². The SMILES string of the molecule is O=C(O)C1c2ccsc2CCN1C1CCCC(C2CC2)C1. The molecular weight excluding hydrogens is 282 g/mol. The molecule has 4 rings (SSSR count). The molecule has 3 unspecified atom stereocenters. The van der Waals surface area contributed by atoms with Gasteiger partial charge in [0.2, 0.25) is 0 Å². The first-order chi connectivity index (χ1) is 10.2. The van der Waals surface area contributed by atoms with E-state index in [4.69, 9.17) is 0 Å². The summed E-state index contributed by atoms with van der Waals surface area (Å²) >= 11 is 1.72. The number of rotatable bonds is 3. The van der Waals surface area contributed by atoms with E-state index in [1.54, 1.807) is 11.3 Å². The second-order valence-corrected chi connectivity index (χ2v) is 7.95. The summed E-state index contributed by atoms with van der Waals surface area (Å²) in [7, 11) is 0. The van der Waals surface area contributed by atoms with Gasteiger partial charge in [0, 0.05) is 17.5 Å². The second kappa shape index (κ2) is 5.40. The largest absolute Gasteiger partial charge is 0.480 e. The van der Waals surface area contributed by atoms with E-state index in [-0.39, 0.29) is 0 Å². The first kappa shape index (κ1) is 13.8. The molecule has 0 radical (unpaired) electrons. The zero-order chi connectivity index (χ0) is 14.4. The molecule has 0 saturated heterocycles. The van der Waals surface area contributed by atoms with Crippen molar-refractivity contribution in [2.24, 2.45) is 11.8 Å².